The number of aromatic nitrogens is 2. The number of hydrogen-bond donors (Lipinski definition) is 1. The van der Waals surface area contributed by atoms with Crippen molar-refractivity contribution < 1.29 is 9.45 Å². The molecule has 2 aromatic rings. The molecule has 0 spiro atoms. The molecule has 0 bridgehead atoms. The smallest absolute Gasteiger partial charge is 0.273 e. The molecule has 94 valence electrons. The maximum atomic E-state index is 10.8. The molecule has 1 aromatic heterocycles. The van der Waals surface area contributed by atoms with Crippen molar-refractivity contribution in [3.05, 3.63) is 39.7 Å². The summed E-state index contributed by atoms with van der Waals surface area (Å²) in [6, 6.07) is 4.74. The minimum absolute atomic E-state index is 0.0334. The summed E-state index contributed by atoms with van der Waals surface area (Å²) in [6.45, 7) is 2.08. The van der Waals surface area contributed by atoms with Crippen molar-refractivity contribution in [3.8, 4) is 11.5 Å². The van der Waals surface area contributed by atoms with Crippen molar-refractivity contribution in [1.29, 1.82) is 0 Å². The first kappa shape index (κ1) is 12.2. The van der Waals surface area contributed by atoms with Gasteiger partial charge in [-0.05, 0) is 19.5 Å². The molecule has 0 atom stereocenters. The van der Waals surface area contributed by atoms with Gasteiger partial charge in [0.15, 0.2) is 5.82 Å². The van der Waals surface area contributed by atoms with Crippen LogP contribution in [0.4, 0.5) is 5.69 Å². The van der Waals surface area contributed by atoms with Crippen LogP contribution in [0, 0.1) is 17.0 Å². The first-order chi connectivity index (χ1) is 8.63. The van der Waals surface area contributed by atoms with Crippen molar-refractivity contribution >= 4 is 5.69 Å². The Labute approximate surface area is 103 Å². The van der Waals surface area contributed by atoms with Crippen LogP contribution in [0.5, 0.6) is 0 Å². The van der Waals surface area contributed by atoms with E-state index >= 15 is 0 Å². The Hall–Kier alpha value is -2.28. The quantitative estimate of drug-likeness (QED) is 0.648. The largest absolute Gasteiger partial charge is 0.334 e. The van der Waals surface area contributed by atoms with Gasteiger partial charge in [0.25, 0.3) is 11.6 Å². The van der Waals surface area contributed by atoms with Crippen LogP contribution in [-0.4, -0.2) is 21.6 Å². The van der Waals surface area contributed by atoms with E-state index in [1.165, 1.54) is 6.07 Å². The Bertz CT molecular complexity index is 579. The predicted molar refractivity (Wildman–Crippen MR) is 63.9 cm³/mol. The van der Waals surface area contributed by atoms with E-state index in [4.69, 9.17) is 10.3 Å². The number of hydrogen-bond acceptors (Lipinski definition) is 6. The van der Waals surface area contributed by atoms with Gasteiger partial charge in [-0.3, -0.25) is 10.1 Å². The van der Waals surface area contributed by atoms with Gasteiger partial charge in [-0.25, -0.2) is 0 Å². The topological polar surface area (TPSA) is 108 Å². The summed E-state index contributed by atoms with van der Waals surface area (Å²) in [5, 5.41) is 14.6. The van der Waals surface area contributed by atoms with E-state index in [1.807, 2.05) is 0 Å². The highest BCUT2D eigenvalue weighted by Gasteiger charge is 2.18. The molecule has 0 aliphatic heterocycles. The lowest BCUT2D eigenvalue weighted by Crippen LogP contribution is -2.03. The molecule has 7 heteroatoms. The van der Waals surface area contributed by atoms with Gasteiger partial charge in [-0.1, -0.05) is 11.2 Å². The van der Waals surface area contributed by atoms with Crippen molar-refractivity contribution in [3.63, 3.8) is 0 Å². The van der Waals surface area contributed by atoms with Gasteiger partial charge in [0.05, 0.1) is 4.92 Å². The van der Waals surface area contributed by atoms with Crippen molar-refractivity contribution in [2.24, 2.45) is 5.73 Å². The zero-order valence-corrected chi connectivity index (χ0v) is 9.79. The van der Waals surface area contributed by atoms with E-state index in [2.05, 4.69) is 10.1 Å². The van der Waals surface area contributed by atoms with Gasteiger partial charge < -0.3 is 10.3 Å². The molecule has 18 heavy (non-hydrogen) atoms. The number of rotatable bonds is 4. The average molecular weight is 248 g/mol. The molecule has 0 radical (unpaired) electrons. The predicted octanol–water partition coefficient (Wildman–Crippen LogP) is 1.45. The fourth-order valence-electron chi connectivity index (χ4n) is 1.65. The summed E-state index contributed by atoms with van der Waals surface area (Å²) >= 11 is 0. The molecule has 7 nitrogen and oxygen atoms in total. The van der Waals surface area contributed by atoms with Gasteiger partial charge in [-0.15, -0.1) is 0 Å². The van der Waals surface area contributed by atoms with E-state index in [9.17, 15) is 10.1 Å². The van der Waals surface area contributed by atoms with Gasteiger partial charge >= 0.3 is 0 Å². The Morgan fingerprint density at radius 3 is 2.94 bits per heavy atom. The molecular weight excluding hydrogens is 236 g/mol. The Morgan fingerprint density at radius 2 is 2.28 bits per heavy atom. The number of benzene rings is 1. The second-order valence-electron chi connectivity index (χ2n) is 3.76. The Balaban J connectivity index is 2.43. The highest BCUT2D eigenvalue weighted by atomic mass is 16.6. The minimum Gasteiger partial charge on any atom is -0.334 e. The van der Waals surface area contributed by atoms with E-state index in [0.717, 1.165) is 0 Å². The van der Waals surface area contributed by atoms with E-state index < -0.39 is 4.92 Å². The average Bonchev–Trinajstić information content (AvgIpc) is 2.78. The van der Waals surface area contributed by atoms with Crippen LogP contribution in [0.15, 0.2) is 22.7 Å². The molecule has 0 aliphatic rings. The fourth-order valence-corrected chi connectivity index (χ4v) is 1.65. The van der Waals surface area contributed by atoms with Gasteiger partial charge in [0, 0.05) is 23.6 Å². The first-order valence-corrected chi connectivity index (χ1v) is 5.40. The van der Waals surface area contributed by atoms with E-state index in [-0.39, 0.29) is 11.6 Å². The standard InChI is InChI=1S/C11H12N4O3/c1-7-8(3-2-4-9(7)15(16)17)11-13-10(5-6-12)14-18-11/h2-4H,5-6,12H2,1H3. The molecule has 0 saturated heterocycles. The third kappa shape index (κ3) is 2.21. The lowest BCUT2D eigenvalue weighted by Gasteiger charge is -2.00. The molecule has 1 heterocycles. The van der Waals surface area contributed by atoms with Crippen molar-refractivity contribution in [1.82, 2.24) is 10.1 Å². The van der Waals surface area contributed by atoms with Crippen molar-refractivity contribution in [2.45, 2.75) is 13.3 Å². The van der Waals surface area contributed by atoms with Crippen molar-refractivity contribution in [2.75, 3.05) is 6.54 Å². The monoisotopic (exact) mass is 248 g/mol. The summed E-state index contributed by atoms with van der Waals surface area (Å²) in [7, 11) is 0. The highest BCUT2D eigenvalue weighted by molar-refractivity contribution is 5.64. The SMILES string of the molecule is Cc1c(-c2nc(CCN)no2)cccc1[N+](=O)[O-]. The second kappa shape index (κ2) is 4.92. The van der Waals surface area contributed by atoms with E-state index in [1.54, 1.807) is 19.1 Å². The molecule has 0 fully saturated rings. The normalized spacial score (nSPS) is 10.6. The number of nitrogens with zero attached hydrogens (tertiary/aromatic N) is 3. The Morgan fingerprint density at radius 1 is 1.50 bits per heavy atom. The zero-order chi connectivity index (χ0) is 13.1. The summed E-state index contributed by atoms with van der Waals surface area (Å²) in [4.78, 5) is 14.6. The van der Waals surface area contributed by atoms with Gasteiger partial charge in [0.2, 0.25) is 0 Å². The third-order valence-corrected chi connectivity index (χ3v) is 2.57. The number of nitrogens with two attached hydrogens (primary N) is 1. The maximum Gasteiger partial charge on any atom is 0.273 e. The molecule has 2 rings (SSSR count). The lowest BCUT2D eigenvalue weighted by molar-refractivity contribution is -0.385. The zero-order valence-electron chi connectivity index (χ0n) is 9.79. The molecule has 2 N–H and O–H groups in total. The van der Waals surface area contributed by atoms with Crippen LogP contribution in [0.3, 0.4) is 0 Å². The van der Waals surface area contributed by atoms with Crippen LogP contribution in [0.1, 0.15) is 11.4 Å². The van der Waals surface area contributed by atoms with Gasteiger partial charge in [0.1, 0.15) is 0 Å². The van der Waals surface area contributed by atoms with Crippen LogP contribution < -0.4 is 5.73 Å². The number of nitro benzene ring substituents is 1. The molecule has 0 saturated carbocycles. The van der Waals surface area contributed by atoms with Crippen LogP contribution in [-0.2, 0) is 6.42 Å². The van der Waals surface area contributed by atoms with Crippen LogP contribution >= 0.6 is 0 Å². The summed E-state index contributed by atoms with van der Waals surface area (Å²) < 4.78 is 5.08. The first-order valence-electron chi connectivity index (χ1n) is 5.40. The van der Waals surface area contributed by atoms with Crippen LogP contribution in [0.2, 0.25) is 0 Å². The molecule has 0 unspecified atom stereocenters. The molecular formula is C11H12N4O3. The summed E-state index contributed by atoms with van der Waals surface area (Å²) in [5.74, 6) is 0.776. The third-order valence-electron chi connectivity index (χ3n) is 2.57. The fraction of sp³-hybridized carbons (Fsp3) is 0.273. The van der Waals surface area contributed by atoms with Crippen LogP contribution in [0.25, 0.3) is 11.5 Å². The highest BCUT2D eigenvalue weighted by Crippen LogP contribution is 2.28. The maximum absolute atomic E-state index is 10.8. The molecule has 0 amide bonds. The summed E-state index contributed by atoms with van der Waals surface area (Å²) in [5.41, 5.74) is 6.50. The minimum atomic E-state index is -0.435. The van der Waals surface area contributed by atoms with Gasteiger partial charge in [-0.2, -0.15) is 4.98 Å². The Kier molecular flexibility index (Phi) is 3.33. The van der Waals surface area contributed by atoms with E-state index in [0.29, 0.717) is 29.9 Å². The lowest BCUT2D eigenvalue weighted by atomic mass is 10.1. The molecule has 0 aliphatic carbocycles. The molecule has 1 aromatic carbocycles. The number of nitro groups is 1. The summed E-state index contributed by atoms with van der Waals surface area (Å²) in [6.07, 6.45) is 0.511. The second-order valence-corrected chi connectivity index (χ2v) is 3.76.